The highest BCUT2D eigenvalue weighted by Crippen LogP contribution is 2.07. The second-order valence-corrected chi connectivity index (χ2v) is 4.14. The predicted octanol–water partition coefficient (Wildman–Crippen LogP) is 3.15. The Kier molecular flexibility index (Phi) is 3.51. The van der Waals surface area contributed by atoms with Crippen LogP contribution in [0.15, 0.2) is 54.0 Å². The number of carbonyl (C=O) groups excluding carboxylic acids is 1. The second kappa shape index (κ2) is 5.28. The molecule has 0 atom stereocenters. The van der Waals surface area contributed by atoms with Gasteiger partial charge in [-0.15, -0.1) is 11.3 Å². The van der Waals surface area contributed by atoms with Gasteiger partial charge >= 0.3 is 0 Å². The summed E-state index contributed by atoms with van der Waals surface area (Å²) < 4.78 is 0. The summed E-state index contributed by atoms with van der Waals surface area (Å²) in [5.74, 6) is -0.0674. The Hall–Kier alpha value is -1.87. The summed E-state index contributed by atoms with van der Waals surface area (Å²) >= 11 is 1.43. The van der Waals surface area contributed by atoms with Gasteiger partial charge in [-0.2, -0.15) is 0 Å². The van der Waals surface area contributed by atoms with E-state index in [9.17, 15) is 4.79 Å². The minimum absolute atomic E-state index is 0.0674. The van der Waals surface area contributed by atoms with Gasteiger partial charge in [-0.05, 0) is 23.1 Å². The molecule has 0 aliphatic rings. The number of hydrogen-bond acceptors (Lipinski definition) is 2. The van der Waals surface area contributed by atoms with E-state index in [1.165, 1.54) is 11.3 Å². The lowest BCUT2D eigenvalue weighted by atomic mass is 10.2. The summed E-state index contributed by atoms with van der Waals surface area (Å²) in [4.78, 5) is 12.3. The minimum atomic E-state index is -0.0674. The van der Waals surface area contributed by atoms with Crippen LogP contribution in [0.2, 0.25) is 0 Å². The Bertz CT molecular complexity index is 474. The molecular weight excluding hydrogens is 218 g/mol. The summed E-state index contributed by atoms with van der Waals surface area (Å²) in [5.41, 5.74) is 1.06. The van der Waals surface area contributed by atoms with E-state index in [4.69, 9.17) is 0 Å². The SMILES string of the molecule is O=C(N/C=C/c1ccccc1)c1cccs1. The summed E-state index contributed by atoms with van der Waals surface area (Å²) in [6.45, 7) is 0. The van der Waals surface area contributed by atoms with Gasteiger partial charge in [-0.1, -0.05) is 36.4 Å². The molecule has 80 valence electrons. The van der Waals surface area contributed by atoms with Crippen molar-refractivity contribution in [3.05, 3.63) is 64.5 Å². The van der Waals surface area contributed by atoms with E-state index in [1.54, 1.807) is 12.3 Å². The first-order valence-electron chi connectivity index (χ1n) is 4.92. The van der Waals surface area contributed by atoms with Crippen molar-refractivity contribution < 1.29 is 4.79 Å². The molecule has 1 aromatic heterocycles. The molecule has 1 aromatic carbocycles. The molecule has 2 nitrogen and oxygen atoms in total. The lowest BCUT2D eigenvalue weighted by Gasteiger charge is -1.96. The number of nitrogens with one attached hydrogen (secondary N) is 1. The van der Waals surface area contributed by atoms with E-state index in [0.29, 0.717) is 0 Å². The molecule has 1 heterocycles. The molecule has 0 bridgehead atoms. The summed E-state index contributed by atoms with van der Waals surface area (Å²) in [7, 11) is 0. The molecule has 0 saturated carbocycles. The maximum atomic E-state index is 11.5. The number of carbonyl (C=O) groups is 1. The van der Waals surface area contributed by atoms with Crippen LogP contribution >= 0.6 is 11.3 Å². The first-order chi connectivity index (χ1) is 7.86. The number of rotatable bonds is 3. The third kappa shape index (κ3) is 2.81. The van der Waals surface area contributed by atoms with Crippen molar-refractivity contribution in [2.75, 3.05) is 0 Å². The van der Waals surface area contributed by atoms with E-state index in [0.717, 1.165) is 10.4 Å². The molecule has 0 spiro atoms. The van der Waals surface area contributed by atoms with E-state index in [1.807, 2.05) is 47.9 Å². The van der Waals surface area contributed by atoms with Crippen LogP contribution in [0.3, 0.4) is 0 Å². The molecule has 2 rings (SSSR count). The van der Waals surface area contributed by atoms with E-state index < -0.39 is 0 Å². The Morgan fingerprint density at radius 3 is 2.62 bits per heavy atom. The normalized spacial score (nSPS) is 10.5. The maximum Gasteiger partial charge on any atom is 0.265 e. The number of hydrogen-bond donors (Lipinski definition) is 1. The standard InChI is InChI=1S/C13H11NOS/c15-13(12-7-4-10-16-12)14-9-8-11-5-2-1-3-6-11/h1-10H,(H,14,15)/b9-8+. The van der Waals surface area contributed by atoms with Gasteiger partial charge in [0.25, 0.3) is 5.91 Å². The minimum Gasteiger partial charge on any atom is -0.328 e. The van der Waals surface area contributed by atoms with Crippen molar-refractivity contribution in [3.8, 4) is 0 Å². The fraction of sp³-hybridized carbons (Fsp3) is 0. The lowest BCUT2D eigenvalue weighted by molar-refractivity contribution is 0.0974. The third-order valence-electron chi connectivity index (χ3n) is 2.03. The smallest absolute Gasteiger partial charge is 0.265 e. The Balaban J connectivity index is 1.93. The molecule has 1 amide bonds. The molecule has 1 N–H and O–H groups in total. The van der Waals surface area contributed by atoms with Crippen LogP contribution in [0.25, 0.3) is 6.08 Å². The summed E-state index contributed by atoms with van der Waals surface area (Å²) in [5, 5.41) is 4.61. The highest BCUT2D eigenvalue weighted by molar-refractivity contribution is 7.12. The van der Waals surface area contributed by atoms with Gasteiger partial charge in [0, 0.05) is 6.20 Å². The van der Waals surface area contributed by atoms with Gasteiger partial charge in [0.1, 0.15) is 0 Å². The van der Waals surface area contributed by atoms with Gasteiger partial charge in [0.2, 0.25) is 0 Å². The molecule has 16 heavy (non-hydrogen) atoms. The lowest BCUT2D eigenvalue weighted by Crippen LogP contribution is -2.15. The number of benzene rings is 1. The Morgan fingerprint density at radius 1 is 1.12 bits per heavy atom. The van der Waals surface area contributed by atoms with Crippen LogP contribution in [0.5, 0.6) is 0 Å². The molecule has 0 fully saturated rings. The van der Waals surface area contributed by atoms with E-state index in [2.05, 4.69) is 5.32 Å². The molecule has 0 aliphatic carbocycles. The van der Waals surface area contributed by atoms with Crippen molar-refractivity contribution in [2.24, 2.45) is 0 Å². The zero-order valence-corrected chi connectivity index (χ0v) is 9.41. The molecule has 0 saturated heterocycles. The highest BCUT2D eigenvalue weighted by Gasteiger charge is 2.02. The zero-order valence-electron chi connectivity index (χ0n) is 8.59. The number of amides is 1. The average Bonchev–Trinajstić information content (AvgIpc) is 2.84. The third-order valence-corrected chi connectivity index (χ3v) is 2.90. The Morgan fingerprint density at radius 2 is 1.94 bits per heavy atom. The van der Waals surface area contributed by atoms with Crippen molar-refractivity contribution in [3.63, 3.8) is 0 Å². The first-order valence-corrected chi connectivity index (χ1v) is 5.80. The largest absolute Gasteiger partial charge is 0.328 e. The van der Waals surface area contributed by atoms with Crippen molar-refractivity contribution >= 4 is 23.3 Å². The highest BCUT2D eigenvalue weighted by atomic mass is 32.1. The van der Waals surface area contributed by atoms with Crippen LogP contribution in [-0.2, 0) is 0 Å². The maximum absolute atomic E-state index is 11.5. The topological polar surface area (TPSA) is 29.1 Å². The second-order valence-electron chi connectivity index (χ2n) is 3.19. The van der Waals surface area contributed by atoms with Gasteiger partial charge in [-0.25, -0.2) is 0 Å². The fourth-order valence-electron chi connectivity index (χ4n) is 1.26. The summed E-state index contributed by atoms with van der Waals surface area (Å²) in [6, 6.07) is 13.5. The molecule has 3 heteroatoms. The quantitative estimate of drug-likeness (QED) is 0.860. The van der Waals surface area contributed by atoms with Gasteiger partial charge < -0.3 is 5.32 Å². The monoisotopic (exact) mass is 229 g/mol. The number of thiophene rings is 1. The van der Waals surface area contributed by atoms with Gasteiger partial charge in [-0.3, -0.25) is 4.79 Å². The van der Waals surface area contributed by atoms with Crippen LogP contribution < -0.4 is 5.32 Å². The van der Waals surface area contributed by atoms with E-state index >= 15 is 0 Å². The predicted molar refractivity (Wildman–Crippen MR) is 67.3 cm³/mol. The molecule has 2 aromatic rings. The van der Waals surface area contributed by atoms with Gasteiger partial charge in [0.05, 0.1) is 4.88 Å². The molecule has 0 aliphatic heterocycles. The first kappa shape index (κ1) is 10.6. The molecule has 0 radical (unpaired) electrons. The molecule has 0 unspecified atom stereocenters. The van der Waals surface area contributed by atoms with Crippen molar-refractivity contribution in [1.82, 2.24) is 5.32 Å². The average molecular weight is 229 g/mol. The van der Waals surface area contributed by atoms with Crippen molar-refractivity contribution in [2.45, 2.75) is 0 Å². The van der Waals surface area contributed by atoms with Crippen molar-refractivity contribution in [1.29, 1.82) is 0 Å². The van der Waals surface area contributed by atoms with Gasteiger partial charge in [0.15, 0.2) is 0 Å². The van der Waals surface area contributed by atoms with Crippen LogP contribution in [-0.4, -0.2) is 5.91 Å². The van der Waals surface area contributed by atoms with Crippen LogP contribution in [0.1, 0.15) is 15.2 Å². The van der Waals surface area contributed by atoms with Crippen LogP contribution in [0.4, 0.5) is 0 Å². The van der Waals surface area contributed by atoms with E-state index in [-0.39, 0.29) is 5.91 Å². The summed E-state index contributed by atoms with van der Waals surface area (Å²) in [6.07, 6.45) is 3.53. The molecular formula is C13H11NOS. The van der Waals surface area contributed by atoms with Crippen LogP contribution in [0, 0.1) is 0 Å². The fourth-order valence-corrected chi connectivity index (χ4v) is 1.88. The zero-order chi connectivity index (χ0) is 11.2. The Labute approximate surface area is 98.2 Å².